The number of halogens is 1. The Morgan fingerprint density at radius 1 is 0.864 bits per heavy atom. The summed E-state index contributed by atoms with van der Waals surface area (Å²) in [4.78, 5) is 0.262. The topological polar surface area (TPSA) is 37.4 Å². The van der Waals surface area contributed by atoms with E-state index in [4.69, 9.17) is 0 Å². The summed E-state index contributed by atoms with van der Waals surface area (Å²) >= 11 is 3.31. The number of sulfonamides is 1. The number of hydrogen-bond acceptors (Lipinski definition) is 2. The lowest BCUT2D eigenvalue weighted by Crippen LogP contribution is -2.26. The largest absolute Gasteiger partial charge is 0.269 e. The summed E-state index contributed by atoms with van der Waals surface area (Å²) in [5.74, 6) is 0. The maximum Gasteiger partial charge on any atom is 0.264 e. The Bertz CT molecular complexity index is 938. The fraction of sp³-hybridized carbons (Fsp3) is 0.0588. The van der Waals surface area contributed by atoms with Crippen LogP contribution in [0.3, 0.4) is 0 Å². The Kier molecular flexibility index (Phi) is 3.93. The lowest BCUT2D eigenvalue weighted by molar-refractivity contribution is 0.594. The third-order valence-electron chi connectivity index (χ3n) is 3.55. The van der Waals surface area contributed by atoms with Crippen molar-refractivity contribution < 1.29 is 8.42 Å². The molecule has 0 spiro atoms. The first-order chi connectivity index (χ1) is 10.5. The SMILES string of the molecule is CN(c1ccc2ccccc2c1)S(=O)(=O)c1cccc(Br)c1. The lowest BCUT2D eigenvalue weighted by atomic mass is 10.1. The highest BCUT2D eigenvalue weighted by Gasteiger charge is 2.21. The van der Waals surface area contributed by atoms with Gasteiger partial charge in [-0.1, -0.05) is 52.3 Å². The van der Waals surface area contributed by atoms with Crippen LogP contribution < -0.4 is 4.31 Å². The van der Waals surface area contributed by atoms with Gasteiger partial charge < -0.3 is 0 Å². The van der Waals surface area contributed by atoms with Gasteiger partial charge in [0.2, 0.25) is 0 Å². The highest BCUT2D eigenvalue weighted by molar-refractivity contribution is 9.10. The van der Waals surface area contributed by atoms with Gasteiger partial charge in [-0.25, -0.2) is 8.42 Å². The lowest BCUT2D eigenvalue weighted by Gasteiger charge is -2.20. The van der Waals surface area contributed by atoms with Crippen LogP contribution in [0.5, 0.6) is 0 Å². The zero-order chi connectivity index (χ0) is 15.7. The molecule has 22 heavy (non-hydrogen) atoms. The van der Waals surface area contributed by atoms with E-state index in [1.54, 1.807) is 31.3 Å². The van der Waals surface area contributed by atoms with Crippen molar-refractivity contribution >= 4 is 42.4 Å². The van der Waals surface area contributed by atoms with Crippen LogP contribution in [0.15, 0.2) is 76.1 Å². The molecule has 3 aromatic carbocycles. The fourth-order valence-electron chi connectivity index (χ4n) is 2.30. The van der Waals surface area contributed by atoms with E-state index >= 15 is 0 Å². The van der Waals surface area contributed by atoms with E-state index in [0.717, 1.165) is 15.2 Å². The number of anilines is 1. The predicted molar refractivity (Wildman–Crippen MR) is 93.7 cm³/mol. The number of rotatable bonds is 3. The van der Waals surface area contributed by atoms with Gasteiger partial charge in [-0.15, -0.1) is 0 Å². The molecule has 0 unspecified atom stereocenters. The highest BCUT2D eigenvalue weighted by Crippen LogP contribution is 2.27. The third-order valence-corrected chi connectivity index (χ3v) is 5.83. The van der Waals surface area contributed by atoms with Crippen molar-refractivity contribution in [3.63, 3.8) is 0 Å². The average Bonchev–Trinajstić information content (AvgIpc) is 2.53. The highest BCUT2D eigenvalue weighted by atomic mass is 79.9. The molecule has 112 valence electrons. The molecule has 0 fully saturated rings. The first kappa shape index (κ1) is 15.1. The number of benzene rings is 3. The molecule has 3 nitrogen and oxygen atoms in total. The molecule has 0 aliphatic carbocycles. The predicted octanol–water partition coefficient (Wildman–Crippen LogP) is 4.43. The summed E-state index contributed by atoms with van der Waals surface area (Å²) in [6.45, 7) is 0. The normalized spacial score (nSPS) is 11.5. The fourth-order valence-corrected chi connectivity index (χ4v) is 4.08. The summed E-state index contributed by atoms with van der Waals surface area (Å²) in [7, 11) is -2.01. The first-order valence-electron chi connectivity index (χ1n) is 6.72. The van der Waals surface area contributed by atoms with Gasteiger partial charge in [-0.3, -0.25) is 4.31 Å². The van der Waals surface area contributed by atoms with E-state index < -0.39 is 10.0 Å². The second-order valence-electron chi connectivity index (χ2n) is 4.96. The van der Waals surface area contributed by atoms with E-state index in [1.165, 1.54) is 4.31 Å². The monoisotopic (exact) mass is 375 g/mol. The zero-order valence-electron chi connectivity index (χ0n) is 11.9. The summed E-state index contributed by atoms with van der Waals surface area (Å²) in [5, 5.41) is 2.09. The van der Waals surface area contributed by atoms with Crippen LogP contribution in [0.4, 0.5) is 5.69 Å². The smallest absolute Gasteiger partial charge is 0.264 e. The minimum atomic E-state index is -3.58. The maximum atomic E-state index is 12.7. The Morgan fingerprint density at radius 2 is 1.59 bits per heavy atom. The average molecular weight is 376 g/mol. The summed E-state index contributed by atoms with van der Waals surface area (Å²) in [6, 6.07) is 20.2. The van der Waals surface area contributed by atoms with E-state index in [0.29, 0.717) is 5.69 Å². The van der Waals surface area contributed by atoms with Crippen LogP contribution in [0.2, 0.25) is 0 Å². The molecule has 0 aliphatic heterocycles. The summed E-state index contributed by atoms with van der Waals surface area (Å²) < 4.78 is 27.5. The first-order valence-corrected chi connectivity index (χ1v) is 8.95. The zero-order valence-corrected chi connectivity index (χ0v) is 14.3. The van der Waals surface area contributed by atoms with Crippen LogP contribution in [0.25, 0.3) is 10.8 Å². The van der Waals surface area contributed by atoms with Crippen molar-refractivity contribution in [1.29, 1.82) is 0 Å². The van der Waals surface area contributed by atoms with E-state index in [9.17, 15) is 8.42 Å². The quantitative estimate of drug-likeness (QED) is 0.678. The molecule has 0 atom stereocenters. The molecule has 0 amide bonds. The van der Waals surface area contributed by atoms with Gasteiger partial charge in [0.15, 0.2) is 0 Å². The Labute approximate surface area is 138 Å². The van der Waals surface area contributed by atoms with Crippen molar-refractivity contribution in [2.45, 2.75) is 4.90 Å². The van der Waals surface area contributed by atoms with Crippen LogP contribution in [-0.2, 0) is 10.0 Å². The van der Waals surface area contributed by atoms with Crippen LogP contribution in [0, 0.1) is 0 Å². The van der Waals surface area contributed by atoms with E-state index in [2.05, 4.69) is 15.9 Å². The molecule has 3 rings (SSSR count). The van der Waals surface area contributed by atoms with Gasteiger partial charge in [0, 0.05) is 11.5 Å². The van der Waals surface area contributed by atoms with Gasteiger partial charge in [-0.2, -0.15) is 0 Å². The third kappa shape index (κ3) is 2.74. The second kappa shape index (κ2) is 5.74. The second-order valence-corrected chi connectivity index (χ2v) is 7.85. The van der Waals surface area contributed by atoms with Crippen LogP contribution in [0.1, 0.15) is 0 Å². The molecule has 0 bridgehead atoms. The Morgan fingerprint density at radius 3 is 2.32 bits per heavy atom. The number of fused-ring (bicyclic) bond motifs is 1. The molecular weight excluding hydrogens is 362 g/mol. The molecular formula is C17H14BrNO2S. The van der Waals surface area contributed by atoms with Crippen molar-refractivity contribution in [2.75, 3.05) is 11.4 Å². The number of nitrogens with zero attached hydrogens (tertiary/aromatic N) is 1. The van der Waals surface area contributed by atoms with Gasteiger partial charge in [0.05, 0.1) is 10.6 Å². The van der Waals surface area contributed by atoms with Crippen molar-refractivity contribution in [1.82, 2.24) is 0 Å². The Hall–Kier alpha value is -1.85. The van der Waals surface area contributed by atoms with Crippen molar-refractivity contribution in [3.05, 3.63) is 71.2 Å². The van der Waals surface area contributed by atoms with E-state index in [-0.39, 0.29) is 4.90 Å². The summed E-state index contributed by atoms with van der Waals surface area (Å²) in [5.41, 5.74) is 0.638. The minimum absolute atomic E-state index is 0.262. The molecule has 3 aromatic rings. The van der Waals surface area contributed by atoms with Gasteiger partial charge in [0.1, 0.15) is 0 Å². The van der Waals surface area contributed by atoms with Crippen LogP contribution in [-0.4, -0.2) is 15.5 Å². The van der Waals surface area contributed by atoms with E-state index in [1.807, 2.05) is 42.5 Å². The molecule has 5 heteroatoms. The van der Waals surface area contributed by atoms with Crippen molar-refractivity contribution in [3.8, 4) is 0 Å². The standard InChI is InChI=1S/C17H14BrNO2S/c1-19(22(20,21)17-8-4-7-15(18)12-17)16-10-9-13-5-2-3-6-14(13)11-16/h2-12H,1H3. The van der Waals surface area contributed by atoms with Gasteiger partial charge in [0.25, 0.3) is 10.0 Å². The molecule has 0 radical (unpaired) electrons. The molecule has 0 aromatic heterocycles. The molecule has 0 saturated heterocycles. The van der Waals surface area contributed by atoms with Gasteiger partial charge in [-0.05, 0) is 41.1 Å². The molecule has 0 saturated carbocycles. The molecule has 0 aliphatic rings. The summed E-state index contributed by atoms with van der Waals surface area (Å²) in [6.07, 6.45) is 0. The van der Waals surface area contributed by atoms with Crippen LogP contribution >= 0.6 is 15.9 Å². The number of hydrogen-bond donors (Lipinski definition) is 0. The van der Waals surface area contributed by atoms with Crippen molar-refractivity contribution in [2.24, 2.45) is 0 Å². The Balaban J connectivity index is 2.06. The minimum Gasteiger partial charge on any atom is -0.269 e. The van der Waals surface area contributed by atoms with Gasteiger partial charge >= 0.3 is 0 Å². The maximum absolute atomic E-state index is 12.7. The molecule has 0 heterocycles. The molecule has 0 N–H and O–H groups in total.